The molecule has 0 radical (unpaired) electrons. The first kappa shape index (κ1) is 15.1. The maximum Gasteiger partial charge on any atom is 0.256 e. The van der Waals surface area contributed by atoms with Crippen molar-refractivity contribution in [2.75, 3.05) is 12.4 Å². The lowest BCUT2D eigenvalue weighted by Crippen LogP contribution is -2.15. The first-order valence-corrected chi connectivity index (χ1v) is 7.24. The minimum atomic E-state index is -0.231. The van der Waals surface area contributed by atoms with Gasteiger partial charge in [0.1, 0.15) is 6.33 Å². The first-order valence-electron chi connectivity index (χ1n) is 7.24. The Morgan fingerprint density at radius 1 is 1.26 bits per heavy atom. The van der Waals surface area contributed by atoms with E-state index in [9.17, 15) is 4.79 Å². The molecule has 7 nitrogen and oxygen atoms in total. The van der Waals surface area contributed by atoms with Crippen molar-refractivity contribution in [3.63, 3.8) is 0 Å². The first-order chi connectivity index (χ1) is 11.2. The van der Waals surface area contributed by atoms with Gasteiger partial charge in [0.25, 0.3) is 5.91 Å². The molecule has 1 atom stereocenters. The van der Waals surface area contributed by atoms with Crippen LogP contribution in [0.1, 0.15) is 17.3 Å². The molecular weight excluding hydrogens is 294 g/mol. The zero-order chi connectivity index (χ0) is 16.2. The van der Waals surface area contributed by atoms with Gasteiger partial charge in [-0.3, -0.25) is 4.79 Å². The van der Waals surface area contributed by atoms with Crippen LogP contribution in [0.4, 0.5) is 5.82 Å². The number of aromatic nitrogens is 4. The van der Waals surface area contributed by atoms with Gasteiger partial charge in [-0.25, -0.2) is 15.0 Å². The summed E-state index contributed by atoms with van der Waals surface area (Å²) in [6.45, 7) is 2.58. The van der Waals surface area contributed by atoms with Gasteiger partial charge in [-0.2, -0.15) is 0 Å². The number of carbonyl (C=O) groups excluding carboxylic acids is 1. The number of nitrogens with zero attached hydrogens (tertiary/aromatic N) is 4. The number of anilines is 1. The molecule has 1 N–H and O–H groups in total. The quantitative estimate of drug-likeness (QED) is 0.780. The molecule has 2 aromatic heterocycles. The van der Waals surface area contributed by atoms with E-state index in [-0.39, 0.29) is 12.0 Å². The zero-order valence-corrected chi connectivity index (χ0v) is 12.9. The fraction of sp³-hybridized carbons (Fsp3) is 0.250. The Morgan fingerprint density at radius 2 is 2.04 bits per heavy atom. The minimum absolute atomic E-state index is 0.0322. The van der Waals surface area contributed by atoms with Crippen molar-refractivity contribution >= 4 is 22.9 Å². The lowest BCUT2D eigenvalue weighted by atomic mass is 10.2. The van der Waals surface area contributed by atoms with E-state index in [1.54, 1.807) is 25.6 Å². The highest BCUT2D eigenvalue weighted by Crippen LogP contribution is 2.18. The van der Waals surface area contributed by atoms with Crippen LogP contribution in [-0.2, 0) is 11.3 Å². The molecule has 0 saturated heterocycles. The van der Waals surface area contributed by atoms with Gasteiger partial charge in [-0.05, 0) is 19.1 Å². The molecule has 3 rings (SSSR count). The van der Waals surface area contributed by atoms with Gasteiger partial charge in [0.2, 0.25) is 0 Å². The molecule has 23 heavy (non-hydrogen) atoms. The third-order valence-corrected chi connectivity index (χ3v) is 3.53. The van der Waals surface area contributed by atoms with Gasteiger partial charge >= 0.3 is 0 Å². The number of carbonyl (C=O) groups is 1. The number of amides is 1. The van der Waals surface area contributed by atoms with Crippen LogP contribution in [0.15, 0.2) is 43.0 Å². The molecule has 0 fully saturated rings. The summed E-state index contributed by atoms with van der Waals surface area (Å²) in [6, 6.07) is 8.97. The van der Waals surface area contributed by atoms with Crippen molar-refractivity contribution in [3.8, 4) is 0 Å². The molecule has 0 saturated carbocycles. The lowest BCUT2D eigenvalue weighted by molar-refractivity contribution is 0.102. The Labute approximate surface area is 133 Å². The monoisotopic (exact) mass is 311 g/mol. The van der Waals surface area contributed by atoms with Crippen molar-refractivity contribution in [1.82, 2.24) is 19.5 Å². The largest absolute Gasteiger partial charge is 0.380 e. The van der Waals surface area contributed by atoms with Gasteiger partial charge in [0, 0.05) is 12.7 Å². The van der Waals surface area contributed by atoms with E-state index in [1.807, 2.05) is 29.7 Å². The molecule has 0 spiro atoms. The average molecular weight is 311 g/mol. The summed E-state index contributed by atoms with van der Waals surface area (Å²) < 4.78 is 7.14. The molecule has 0 aliphatic heterocycles. The third-order valence-electron chi connectivity index (χ3n) is 3.53. The summed E-state index contributed by atoms with van der Waals surface area (Å²) in [4.78, 5) is 25.0. The van der Waals surface area contributed by atoms with Gasteiger partial charge in [-0.15, -0.1) is 0 Å². The van der Waals surface area contributed by atoms with E-state index in [2.05, 4.69) is 20.3 Å². The van der Waals surface area contributed by atoms with Gasteiger partial charge in [0.15, 0.2) is 17.0 Å². The number of hydrogen-bond acceptors (Lipinski definition) is 5. The van der Waals surface area contributed by atoms with E-state index in [0.29, 0.717) is 29.1 Å². The predicted molar refractivity (Wildman–Crippen MR) is 86.2 cm³/mol. The van der Waals surface area contributed by atoms with Crippen LogP contribution < -0.4 is 5.32 Å². The number of hydrogen-bond donors (Lipinski definition) is 1. The van der Waals surface area contributed by atoms with Crippen molar-refractivity contribution < 1.29 is 9.53 Å². The van der Waals surface area contributed by atoms with E-state index in [1.165, 1.54) is 6.33 Å². The van der Waals surface area contributed by atoms with E-state index >= 15 is 0 Å². The molecule has 7 heteroatoms. The van der Waals surface area contributed by atoms with Crippen LogP contribution in [0.25, 0.3) is 11.2 Å². The number of nitrogens with one attached hydrogen (secondary N) is 1. The number of imidazole rings is 1. The highest BCUT2D eigenvalue weighted by atomic mass is 16.5. The summed E-state index contributed by atoms with van der Waals surface area (Å²) in [5.74, 6) is 0.165. The Kier molecular flexibility index (Phi) is 4.29. The van der Waals surface area contributed by atoms with Crippen LogP contribution >= 0.6 is 0 Å². The normalized spacial score (nSPS) is 12.3. The second kappa shape index (κ2) is 6.53. The predicted octanol–water partition coefficient (Wildman–Crippen LogP) is 2.11. The maximum absolute atomic E-state index is 12.3. The van der Waals surface area contributed by atoms with Crippen LogP contribution in [-0.4, -0.2) is 38.6 Å². The molecule has 2 heterocycles. The second-order valence-electron chi connectivity index (χ2n) is 5.16. The fourth-order valence-electron chi connectivity index (χ4n) is 2.23. The average Bonchev–Trinajstić information content (AvgIpc) is 2.99. The zero-order valence-electron chi connectivity index (χ0n) is 12.9. The Balaban J connectivity index is 1.89. The highest BCUT2D eigenvalue weighted by Gasteiger charge is 2.14. The van der Waals surface area contributed by atoms with Gasteiger partial charge in [-0.1, -0.05) is 18.2 Å². The molecule has 0 unspecified atom stereocenters. The van der Waals surface area contributed by atoms with Crippen LogP contribution in [0.2, 0.25) is 0 Å². The smallest absolute Gasteiger partial charge is 0.256 e. The number of fused-ring (bicyclic) bond motifs is 1. The van der Waals surface area contributed by atoms with Crippen LogP contribution in [0.5, 0.6) is 0 Å². The maximum atomic E-state index is 12.3. The van der Waals surface area contributed by atoms with E-state index in [4.69, 9.17) is 4.74 Å². The molecule has 1 amide bonds. The van der Waals surface area contributed by atoms with E-state index < -0.39 is 0 Å². The van der Waals surface area contributed by atoms with Gasteiger partial charge < -0.3 is 14.6 Å². The fourth-order valence-corrected chi connectivity index (χ4v) is 2.23. The molecule has 0 aliphatic carbocycles. The van der Waals surface area contributed by atoms with Crippen molar-refractivity contribution in [1.29, 1.82) is 0 Å². The van der Waals surface area contributed by atoms with Crippen LogP contribution in [0.3, 0.4) is 0 Å². The van der Waals surface area contributed by atoms with Crippen LogP contribution in [0, 0.1) is 0 Å². The number of benzene rings is 1. The SMILES string of the molecule is CO[C@H](C)Cn1cnc2c(NC(=O)c3ccccc3)ncnc21. The molecule has 118 valence electrons. The molecule has 0 bridgehead atoms. The van der Waals surface area contributed by atoms with Crippen molar-refractivity contribution in [2.24, 2.45) is 0 Å². The second-order valence-corrected chi connectivity index (χ2v) is 5.16. The molecular formula is C16H17N5O2. The number of rotatable bonds is 5. The van der Waals surface area contributed by atoms with Crippen molar-refractivity contribution in [2.45, 2.75) is 19.6 Å². The van der Waals surface area contributed by atoms with Gasteiger partial charge in [0.05, 0.1) is 19.0 Å². The third kappa shape index (κ3) is 3.19. The summed E-state index contributed by atoms with van der Waals surface area (Å²) in [6.07, 6.45) is 3.12. The standard InChI is InChI=1S/C16H17N5O2/c1-11(23-2)8-21-10-19-13-14(17-9-18-15(13)21)20-16(22)12-6-4-3-5-7-12/h3-7,9-11H,8H2,1-2H3,(H,17,18,20,22)/t11-/m1/s1. The lowest BCUT2D eigenvalue weighted by Gasteiger charge is -2.10. The minimum Gasteiger partial charge on any atom is -0.380 e. The number of ether oxygens (including phenoxy) is 1. The number of methoxy groups -OCH3 is 1. The summed E-state index contributed by atoms with van der Waals surface area (Å²) in [5, 5.41) is 2.78. The van der Waals surface area contributed by atoms with Crippen molar-refractivity contribution in [3.05, 3.63) is 48.5 Å². The molecule has 1 aromatic carbocycles. The summed E-state index contributed by atoms with van der Waals surface area (Å²) >= 11 is 0. The Bertz CT molecular complexity index is 816. The Hall–Kier alpha value is -2.80. The molecule has 3 aromatic rings. The summed E-state index contributed by atoms with van der Waals surface area (Å²) in [5.41, 5.74) is 1.78. The summed E-state index contributed by atoms with van der Waals surface area (Å²) in [7, 11) is 1.66. The topological polar surface area (TPSA) is 81.9 Å². The Morgan fingerprint density at radius 3 is 2.78 bits per heavy atom. The highest BCUT2D eigenvalue weighted by molar-refractivity contribution is 6.06. The molecule has 0 aliphatic rings. The van der Waals surface area contributed by atoms with E-state index in [0.717, 1.165) is 0 Å².